The number of benzene rings is 1. The molecule has 2 bridgehead atoms. The minimum atomic E-state index is -0.0143. The van der Waals surface area contributed by atoms with Crippen molar-refractivity contribution in [2.24, 2.45) is 17.9 Å². The van der Waals surface area contributed by atoms with Crippen LogP contribution in [0.2, 0.25) is 0 Å². The first-order valence-corrected chi connectivity index (χ1v) is 8.62. The Balaban J connectivity index is 1.58. The topological polar surface area (TPSA) is 63.1 Å². The van der Waals surface area contributed by atoms with E-state index in [2.05, 4.69) is 36.3 Å². The Bertz CT molecular complexity index is 811. The Morgan fingerprint density at radius 3 is 2.83 bits per heavy atom. The van der Waals surface area contributed by atoms with Gasteiger partial charge in [-0.3, -0.25) is 0 Å². The normalized spacial score (nSPS) is 28.3. The summed E-state index contributed by atoms with van der Waals surface area (Å²) in [4.78, 5) is 16.5. The number of fused-ring (bicyclic) bond motifs is 3. The van der Waals surface area contributed by atoms with Gasteiger partial charge in [0.05, 0.1) is 5.69 Å². The third-order valence-electron chi connectivity index (χ3n) is 5.43. The Morgan fingerprint density at radius 2 is 2.04 bits per heavy atom. The van der Waals surface area contributed by atoms with Crippen molar-refractivity contribution in [2.75, 3.05) is 11.9 Å². The molecular formula is C18H25N5O. The van der Waals surface area contributed by atoms with Gasteiger partial charge in [-0.25, -0.2) is 4.79 Å². The summed E-state index contributed by atoms with van der Waals surface area (Å²) >= 11 is 0. The van der Waals surface area contributed by atoms with Crippen molar-refractivity contribution >= 4 is 22.8 Å². The monoisotopic (exact) mass is 327 g/mol. The van der Waals surface area contributed by atoms with Crippen LogP contribution in [-0.4, -0.2) is 38.5 Å². The molecule has 6 nitrogen and oxygen atoms in total. The van der Waals surface area contributed by atoms with E-state index in [0.717, 1.165) is 36.1 Å². The van der Waals surface area contributed by atoms with Crippen molar-refractivity contribution < 1.29 is 4.79 Å². The molecular weight excluding hydrogens is 302 g/mol. The van der Waals surface area contributed by atoms with Gasteiger partial charge in [0.15, 0.2) is 0 Å². The predicted molar refractivity (Wildman–Crippen MR) is 93.8 cm³/mol. The van der Waals surface area contributed by atoms with Gasteiger partial charge in [0.25, 0.3) is 0 Å². The van der Waals surface area contributed by atoms with Crippen molar-refractivity contribution in [3.05, 3.63) is 18.2 Å². The molecule has 1 aliphatic heterocycles. The zero-order chi connectivity index (χ0) is 17.1. The van der Waals surface area contributed by atoms with Crippen molar-refractivity contribution in [3.8, 4) is 0 Å². The molecule has 1 aliphatic carbocycles. The highest BCUT2D eigenvalue weighted by Crippen LogP contribution is 2.52. The molecule has 2 fully saturated rings. The van der Waals surface area contributed by atoms with Gasteiger partial charge < -0.3 is 10.2 Å². The van der Waals surface area contributed by atoms with E-state index in [-0.39, 0.29) is 11.4 Å². The molecule has 1 saturated carbocycles. The van der Waals surface area contributed by atoms with Crippen LogP contribution < -0.4 is 5.32 Å². The fraction of sp³-hybridized carbons (Fsp3) is 0.611. The number of hydrogen-bond donors (Lipinski definition) is 1. The summed E-state index contributed by atoms with van der Waals surface area (Å²) in [6.45, 7) is 7.79. The molecule has 2 aliphatic rings. The van der Waals surface area contributed by atoms with E-state index in [1.54, 1.807) is 7.05 Å². The van der Waals surface area contributed by atoms with Gasteiger partial charge in [-0.15, -0.1) is 0 Å². The number of urea groups is 1. The lowest BCUT2D eigenvalue weighted by atomic mass is 9.65. The second kappa shape index (κ2) is 4.94. The zero-order valence-corrected chi connectivity index (χ0v) is 14.8. The average Bonchev–Trinajstić information content (AvgIpc) is 2.95. The Kier molecular flexibility index (Phi) is 3.18. The van der Waals surface area contributed by atoms with Gasteiger partial charge in [0.2, 0.25) is 0 Å². The summed E-state index contributed by atoms with van der Waals surface area (Å²) in [6.07, 6.45) is 3.37. The molecule has 0 radical (unpaired) electrons. The highest BCUT2D eigenvalue weighted by molar-refractivity contribution is 5.98. The van der Waals surface area contributed by atoms with Crippen LogP contribution in [0.5, 0.6) is 0 Å². The molecule has 2 heterocycles. The van der Waals surface area contributed by atoms with Gasteiger partial charge in [-0.2, -0.15) is 15.0 Å². The van der Waals surface area contributed by atoms with E-state index in [1.165, 1.54) is 11.2 Å². The standard InChI is InChI=1S/C18H25N5O/c1-17(2)8-12-9-18(3,10-17)11-23(12)16(24)19-13-6-5-7-14-15(13)21-22(4)20-14/h5-7,12H,8-11H2,1-4H3,(H,19,24)/t12?,18-/m1/s1. The number of amides is 2. The lowest BCUT2D eigenvalue weighted by Crippen LogP contribution is -2.40. The fourth-order valence-electron chi connectivity index (χ4n) is 5.03. The lowest BCUT2D eigenvalue weighted by molar-refractivity contribution is 0.130. The Labute approximate surface area is 142 Å². The maximum absolute atomic E-state index is 12.9. The molecule has 1 aromatic carbocycles. The molecule has 2 aromatic rings. The molecule has 1 saturated heterocycles. The molecule has 2 atom stereocenters. The first kappa shape index (κ1) is 15.4. The smallest absolute Gasteiger partial charge is 0.321 e. The second-order valence-electron chi connectivity index (χ2n) is 8.63. The Morgan fingerprint density at radius 1 is 1.25 bits per heavy atom. The molecule has 1 unspecified atom stereocenters. The number of aromatic nitrogens is 3. The maximum atomic E-state index is 12.9. The van der Waals surface area contributed by atoms with Gasteiger partial charge in [0, 0.05) is 19.6 Å². The number of hydrogen-bond acceptors (Lipinski definition) is 3. The van der Waals surface area contributed by atoms with Gasteiger partial charge in [-0.1, -0.05) is 26.8 Å². The third-order valence-corrected chi connectivity index (χ3v) is 5.43. The first-order chi connectivity index (χ1) is 11.2. The number of likely N-dealkylation sites (tertiary alicyclic amines) is 1. The van der Waals surface area contributed by atoms with E-state index < -0.39 is 0 Å². The molecule has 1 N–H and O–H groups in total. The van der Waals surface area contributed by atoms with Crippen molar-refractivity contribution in [2.45, 2.75) is 46.1 Å². The van der Waals surface area contributed by atoms with Crippen LogP contribution in [0.3, 0.4) is 0 Å². The van der Waals surface area contributed by atoms with Crippen LogP contribution in [0, 0.1) is 10.8 Å². The van der Waals surface area contributed by atoms with Crippen LogP contribution in [0.1, 0.15) is 40.0 Å². The van der Waals surface area contributed by atoms with Crippen LogP contribution >= 0.6 is 0 Å². The van der Waals surface area contributed by atoms with E-state index in [4.69, 9.17) is 0 Å². The Hall–Kier alpha value is -2.11. The highest BCUT2D eigenvalue weighted by atomic mass is 16.2. The minimum absolute atomic E-state index is 0.0143. The fourth-order valence-corrected chi connectivity index (χ4v) is 5.03. The van der Waals surface area contributed by atoms with Gasteiger partial charge >= 0.3 is 6.03 Å². The van der Waals surface area contributed by atoms with Crippen LogP contribution in [0.15, 0.2) is 18.2 Å². The summed E-state index contributed by atoms with van der Waals surface area (Å²) < 4.78 is 0. The number of nitrogens with one attached hydrogen (secondary N) is 1. The molecule has 0 spiro atoms. The summed E-state index contributed by atoms with van der Waals surface area (Å²) in [5.74, 6) is 0. The number of nitrogens with zero attached hydrogens (tertiary/aromatic N) is 4. The lowest BCUT2D eigenvalue weighted by Gasteiger charge is -2.39. The van der Waals surface area contributed by atoms with Crippen LogP contribution in [0.25, 0.3) is 11.0 Å². The summed E-state index contributed by atoms with van der Waals surface area (Å²) in [5.41, 5.74) is 2.81. The van der Waals surface area contributed by atoms with Crippen molar-refractivity contribution in [3.63, 3.8) is 0 Å². The average molecular weight is 327 g/mol. The van der Waals surface area contributed by atoms with Crippen LogP contribution in [0.4, 0.5) is 10.5 Å². The number of carbonyl (C=O) groups is 1. The molecule has 6 heteroatoms. The molecule has 2 amide bonds. The van der Waals surface area contributed by atoms with Crippen LogP contribution in [-0.2, 0) is 7.05 Å². The van der Waals surface area contributed by atoms with Crippen molar-refractivity contribution in [1.82, 2.24) is 19.9 Å². The molecule has 128 valence electrons. The van der Waals surface area contributed by atoms with E-state index in [1.807, 2.05) is 23.1 Å². The van der Waals surface area contributed by atoms with E-state index >= 15 is 0 Å². The number of aryl methyl sites for hydroxylation is 1. The molecule has 24 heavy (non-hydrogen) atoms. The summed E-state index contributed by atoms with van der Waals surface area (Å²) in [6, 6.07) is 6.02. The minimum Gasteiger partial charge on any atom is -0.321 e. The molecule has 4 rings (SSSR count). The highest BCUT2D eigenvalue weighted by Gasteiger charge is 2.51. The number of anilines is 1. The SMILES string of the molecule is Cn1nc2cccc(NC(=O)N3C[C@]4(C)CC3CC(C)(C)C4)c2n1. The largest absolute Gasteiger partial charge is 0.322 e. The first-order valence-electron chi connectivity index (χ1n) is 8.62. The van der Waals surface area contributed by atoms with Crippen molar-refractivity contribution in [1.29, 1.82) is 0 Å². The predicted octanol–water partition coefficient (Wildman–Crippen LogP) is 3.40. The summed E-state index contributed by atoms with van der Waals surface area (Å²) in [7, 11) is 1.79. The number of rotatable bonds is 1. The van der Waals surface area contributed by atoms with Gasteiger partial charge in [-0.05, 0) is 42.2 Å². The second-order valence-corrected chi connectivity index (χ2v) is 8.63. The third kappa shape index (κ3) is 2.54. The quantitative estimate of drug-likeness (QED) is 0.873. The number of carbonyl (C=O) groups excluding carboxylic acids is 1. The summed E-state index contributed by atoms with van der Waals surface area (Å²) in [5, 5.41) is 11.7. The molecule has 1 aromatic heterocycles. The van der Waals surface area contributed by atoms with Gasteiger partial charge in [0.1, 0.15) is 11.0 Å². The maximum Gasteiger partial charge on any atom is 0.322 e. The van der Waals surface area contributed by atoms with E-state index in [9.17, 15) is 4.79 Å². The zero-order valence-electron chi connectivity index (χ0n) is 14.8. The van der Waals surface area contributed by atoms with E-state index in [0.29, 0.717) is 11.5 Å².